The van der Waals surface area contributed by atoms with Gasteiger partial charge in [0.25, 0.3) is 0 Å². The van der Waals surface area contributed by atoms with E-state index in [1.54, 1.807) is 0 Å². The minimum absolute atomic E-state index is 0.132. The SMILES string of the molecule is CC1CC2(C1)CC(c1cc(F)c(OC(F)F)c(F)c1)C2. The molecule has 2 aliphatic rings. The molecule has 1 aromatic carbocycles. The summed E-state index contributed by atoms with van der Waals surface area (Å²) in [5.41, 5.74) is 0.918. The monoisotopic (exact) mass is 288 g/mol. The Labute approximate surface area is 114 Å². The van der Waals surface area contributed by atoms with Crippen LogP contribution in [0.1, 0.15) is 44.1 Å². The quantitative estimate of drug-likeness (QED) is 0.722. The zero-order valence-electron chi connectivity index (χ0n) is 11.1. The second kappa shape index (κ2) is 4.64. The molecule has 2 fully saturated rings. The lowest BCUT2D eigenvalue weighted by molar-refractivity contribution is -0.0548. The van der Waals surface area contributed by atoms with Gasteiger partial charge in [0.2, 0.25) is 0 Å². The van der Waals surface area contributed by atoms with E-state index in [9.17, 15) is 17.6 Å². The van der Waals surface area contributed by atoms with E-state index in [-0.39, 0.29) is 5.92 Å². The molecule has 5 heteroatoms. The predicted octanol–water partition coefficient (Wildman–Crippen LogP) is 4.86. The van der Waals surface area contributed by atoms with Crippen LogP contribution in [0.5, 0.6) is 5.75 Å². The molecule has 0 aliphatic heterocycles. The van der Waals surface area contributed by atoms with E-state index in [2.05, 4.69) is 11.7 Å². The Morgan fingerprint density at radius 3 is 2.10 bits per heavy atom. The van der Waals surface area contributed by atoms with Gasteiger partial charge in [0.15, 0.2) is 17.4 Å². The summed E-state index contributed by atoms with van der Waals surface area (Å²) in [6.07, 6.45) is 4.23. The second-order valence-corrected chi connectivity index (χ2v) is 6.31. The number of hydrogen-bond donors (Lipinski definition) is 0. The molecule has 0 saturated heterocycles. The number of benzene rings is 1. The minimum Gasteiger partial charge on any atom is -0.429 e. The van der Waals surface area contributed by atoms with Crippen molar-refractivity contribution in [2.45, 2.75) is 45.1 Å². The second-order valence-electron chi connectivity index (χ2n) is 6.31. The van der Waals surface area contributed by atoms with Gasteiger partial charge in [-0.3, -0.25) is 0 Å². The molecule has 1 nitrogen and oxygen atoms in total. The van der Waals surface area contributed by atoms with Crippen molar-refractivity contribution in [3.63, 3.8) is 0 Å². The van der Waals surface area contributed by atoms with Crippen molar-refractivity contribution >= 4 is 0 Å². The fourth-order valence-corrected chi connectivity index (χ4v) is 3.99. The van der Waals surface area contributed by atoms with Crippen LogP contribution in [0.25, 0.3) is 0 Å². The van der Waals surface area contributed by atoms with Crippen LogP contribution in [-0.4, -0.2) is 6.61 Å². The molecule has 0 radical (unpaired) electrons. The molecule has 0 N–H and O–H groups in total. The Morgan fingerprint density at radius 2 is 1.65 bits per heavy atom. The average molecular weight is 288 g/mol. The van der Waals surface area contributed by atoms with Crippen molar-refractivity contribution in [1.82, 2.24) is 0 Å². The fourth-order valence-electron chi connectivity index (χ4n) is 3.99. The minimum atomic E-state index is -3.23. The van der Waals surface area contributed by atoms with Gasteiger partial charge in [0.1, 0.15) is 0 Å². The molecule has 0 heterocycles. The van der Waals surface area contributed by atoms with Crippen molar-refractivity contribution in [3.05, 3.63) is 29.3 Å². The Hall–Kier alpha value is -1.26. The number of ether oxygens (including phenoxy) is 1. The van der Waals surface area contributed by atoms with E-state index in [0.717, 1.165) is 30.9 Å². The molecule has 20 heavy (non-hydrogen) atoms. The van der Waals surface area contributed by atoms with E-state index in [1.165, 1.54) is 12.8 Å². The van der Waals surface area contributed by atoms with Crippen LogP contribution >= 0.6 is 0 Å². The summed E-state index contributed by atoms with van der Waals surface area (Å²) in [6, 6.07) is 2.25. The maximum atomic E-state index is 13.6. The summed E-state index contributed by atoms with van der Waals surface area (Å²) in [6.45, 7) is -1.03. The van der Waals surface area contributed by atoms with Crippen LogP contribution in [0.3, 0.4) is 0 Å². The van der Waals surface area contributed by atoms with Crippen LogP contribution < -0.4 is 4.74 Å². The Kier molecular flexibility index (Phi) is 3.18. The van der Waals surface area contributed by atoms with Gasteiger partial charge in [0, 0.05) is 0 Å². The molecule has 0 aromatic heterocycles. The topological polar surface area (TPSA) is 9.23 Å². The molecule has 0 atom stereocenters. The molecule has 1 spiro atoms. The smallest absolute Gasteiger partial charge is 0.387 e. The molecule has 1 aromatic rings. The van der Waals surface area contributed by atoms with E-state index < -0.39 is 24.0 Å². The molecule has 2 saturated carbocycles. The third kappa shape index (κ3) is 2.27. The number of hydrogen-bond acceptors (Lipinski definition) is 1. The van der Waals surface area contributed by atoms with Crippen LogP contribution in [0, 0.1) is 23.0 Å². The van der Waals surface area contributed by atoms with Crippen LogP contribution in [0.4, 0.5) is 17.6 Å². The van der Waals surface area contributed by atoms with Gasteiger partial charge >= 0.3 is 6.61 Å². The van der Waals surface area contributed by atoms with E-state index in [4.69, 9.17) is 0 Å². The number of rotatable bonds is 3. The molecular formula is C15H16F4O. The molecule has 3 rings (SSSR count). The van der Waals surface area contributed by atoms with Crippen molar-refractivity contribution in [2.24, 2.45) is 11.3 Å². The van der Waals surface area contributed by atoms with Crippen LogP contribution in [0.2, 0.25) is 0 Å². The first-order valence-corrected chi connectivity index (χ1v) is 6.82. The lowest BCUT2D eigenvalue weighted by Crippen LogP contribution is -2.45. The van der Waals surface area contributed by atoms with Gasteiger partial charge in [0.05, 0.1) is 0 Å². The summed E-state index contributed by atoms with van der Waals surface area (Å²) in [5.74, 6) is -2.22. The highest BCUT2D eigenvalue weighted by atomic mass is 19.3. The van der Waals surface area contributed by atoms with Crippen molar-refractivity contribution in [3.8, 4) is 5.75 Å². The highest BCUT2D eigenvalue weighted by Gasteiger charge is 2.51. The van der Waals surface area contributed by atoms with E-state index >= 15 is 0 Å². The van der Waals surface area contributed by atoms with Gasteiger partial charge in [-0.25, -0.2) is 8.78 Å². The molecule has 0 unspecified atom stereocenters. The maximum Gasteiger partial charge on any atom is 0.387 e. The Bertz CT molecular complexity index is 492. The summed E-state index contributed by atoms with van der Waals surface area (Å²) < 4.78 is 55.3. The third-order valence-electron chi connectivity index (χ3n) is 4.62. The highest BCUT2D eigenvalue weighted by molar-refractivity contribution is 5.35. The molecule has 2 aliphatic carbocycles. The Balaban J connectivity index is 1.73. The van der Waals surface area contributed by atoms with Gasteiger partial charge in [-0.2, -0.15) is 8.78 Å². The average Bonchev–Trinajstić information content (AvgIpc) is 2.26. The van der Waals surface area contributed by atoms with Gasteiger partial charge in [-0.15, -0.1) is 0 Å². The molecule has 0 bridgehead atoms. The van der Waals surface area contributed by atoms with Gasteiger partial charge in [-0.05, 0) is 60.6 Å². The first-order valence-electron chi connectivity index (χ1n) is 6.82. The zero-order valence-corrected chi connectivity index (χ0v) is 11.1. The highest BCUT2D eigenvalue weighted by Crippen LogP contribution is 2.63. The first-order chi connectivity index (χ1) is 9.38. The number of alkyl halides is 2. The van der Waals surface area contributed by atoms with Gasteiger partial charge in [-0.1, -0.05) is 6.92 Å². The lowest BCUT2D eigenvalue weighted by atomic mass is 9.47. The molecule has 110 valence electrons. The predicted molar refractivity (Wildman–Crippen MR) is 65.8 cm³/mol. The third-order valence-corrected chi connectivity index (χ3v) is 4.62. The zero-order chi connectivity index (χ0) is 14.5. The van der Waals surface area contributed by atoms with E-state index in [0.29, 0.717) is 11.0 Å². The summed E-state index contributed by atoms with van der Waals surface area (Å²) in [4.78, 5) is 0. The molecule has 0 amide bonds. The van der Waals surface area contributed by atoms with Crippen LogP contribution in [-0.2, 0) is 0 Å². The Morgan fingerprint density at radius 1 is 1.10 bits per heavy atom. The van der Waals surface area contributed by atoms with E-state index in [1.807, 2.05) is 0 Å². The molecular weight excluding hydrogens is 272 g/mol. The van der Waals surface area contributed by atoms with Crippen molar-refractivity contribution in [1.29, 1.82) is 0 Å². The standard InChI is InChI=1S/C15H16F4O/c1-8-4-15(5-8)6-10(7-15)9-2-11(16)13(12(17)3-9)20-14(18)19/h2-3,8,10,14H,4-7H2,1H3. The maximum absolute atomic E-state index is 13.6. The number of halogens is 4. The summed E-state index contributed by atoms with van der Waals surface area (Å²) in [5, 5.41) is 0. The summed E-state index contributed by atoms with van der Waals surface area (Å²) in [7, 11) is 0. The van der Waals surface area contributed by atoms with Gasteiger partial charge < -0.3 is 4.74 Å². The largest absolute Gasteiger partial charge is 0.429 e. The normalized spacial score (nSPS) is 32.1. The van der Waals surface area contributed by atoms with Crippen molar-refractivity contribution < 1.29 is 22.3 Å². The first kappa shape index (κ1) is 13.7. The van der Waals surface area contributed by atoms with Crippen molar-refractivity contribution in [2.75, 3.05) is 0 Å². The summed E-state index contributed by atoms with van der Waals surface area (Å²) >= 11 is 0. The fraction of sp³-hybridized carbons (Fsp3) is 0.600. The van der Waals surface area contributed by atoms with Crippen LogP contribution in [0.15, 0.2) is 12.1 Å². The lowest BCUT2D eigenvalue weighted by Gasteiger charge is -2.57.